The minimum atomic E-state index is -0.565. The summed E-state index contributed by atoms with van der Waals surface area (Å²) in [6.07, 6.45) is 0. The first kappa shape index (κ1) is 15.9. The highest BCUT2D eigenvalue weighted by Crippen LogP contribution is 2.25. The molecule has 4 heteroatoms. The second-order valence-corrected chi connectivity index (χ2v) is 6.52. The highest BCUT2D eigenvalue weighted by molar-refractivity contribution is 8.13. The molecule has 0 atom stereocenters. The van der Waals surface area contributed by atoms with E-state index in [2.05, 4.69) is 0 Å². The van der Waals surface area contributed by atoms with Crippen LogP contribution in [0.2, 0.25) is 0 Å². The summed E-state index contributed by atoms with van der Waals surface area (Å²) < 4.78 is 5.78. The zero-order chi connectivity index (χ0) is 13.0. The van der Waals surface area contributed by atoms with Crippen molar-refractivity contribution in [2.75, 3.05) is 12.4 Å². The highest BCUT2D eigenvalue weighted by Gasteiger charge is 2.29. The van der Waals surface area contributed by atoms with E-state index in [-0.39, 0.29) is 17.6 Å². The Bertz CT molecular complexity index is 234. The molecule has 0 aromatic rings. The Morgan fingerprint density at radius 3 is 2.12 bits per heavy atom. The molecule has 0 aliphatic carbocycles. The van der Waals surface area contributed by atoms with Gasteiger partial charge in [0.05, 0.1) is 17.8 Å². The van der Waals surface area contributed by atoms with E-state index in [1.165, 1.54) is 11.8 Å². The lowest BCUT2D eigenvalue weighted by molar-refractivity contribution is -0.131. The molecule has 0 unspecified atom stereocenters. The van der Waals surface area contributed by atoms with Gasteiger partial charge < -0.3 is 9.84 Å². The molecule has 0 aliphatic heterocycles. The molecular formula is C12H24O3S. The van der Waals surface area contributed by atoms with Crippen molar-refractivity contribution >= 4 is 16.9 Å². The number of carbonyl (C=O) groups is 1. The molecule has 0 fully saturated rings. The molecule has 0 saturated heterocycles. The van der Waals surface area contributed by atoms with Crippen LogP contribution in [-0.4, -0.2) is 33.8 Å². The van der Waals surface area contributed by atoms with E-state index >= 15 is 0 Å². The number of hydrogen-bond donors (Lipinski definition) is 1. The van der Waals surface area contributed by atoms with Gasteiger partial charge in [-0.3, -0.25) is 4.79 Å². The lowest BCUT2D eigenvalue weighted by atomic mass is 10.1. The molecule has 0 heterocycles. The molecule has 3 nitrogen and oxygen atoms in total. The van der Waals surface area contributed by atoms with Crippen LogP contribution in [-0.2, 0) is 9.53 Å². The smallest absolute Gasteiger partial charge is 0.191 e. The van der Waals surface area contributed by atoms with Gasteiger partial charge in [0.1, 0.15) is 0 Å². The van der Waals surface area contributed by atoms with Crippen LogP contribution < -0.4 is 0 Å². The standard InChI is InChI=1S/C12H24O3S/c1-9(2)10(14)16-8-12(5,6)15-11(3,4)7-13/h9,13H,7-8H2,1-6H3. The maximum Gasteiger partial charge on any atom is 0.191 e. The normalized spacial score (nSPS) is 13.2. The maximum atomic E-state index is 11.5. The predicted octanol–water partition coefficient (Wildman–Crippen LogP) is 2.47. The molecule has 0 rings (SSSR count). The molecule has 96 valence electrons. The molecule has 0 amide bonds. The first-order chi connectivity index (χ1) is 7.09. The summed E-state index contributed by atoms with van der Waals surface area (Å²) in [7, 11) is 0. The van der Waals surface area contributed by atoms with Gasteiger partial charge in [-0.25, -0.2) is 0 Å². The van der Waals surface area contributed by atoms with Crippen molar-refractivity contribution in [3.63, 3.8) is 0 Å². The Morgan fingerprint density at radius 1 is 1.25 bits per heavy atom. The predicted molar refractivity (Wildman–Crippen MR) is 68.6 cm³/mol. The molecule has 0 bridgehead atoms. The summed E-state index contributed by atoms with van der Waals surface area (Å²) in [6.45, 7) is 11.3. The Hall–Kier alpha value is -0.0600. The van der Waals surface area contributed by atoms with Gasteiger partial charge in [-0.15, -0.1) is 0 Å². The van der Waals surface area contributed by atoms with Gasteiger partial charge >= 0.3 is 0 Å². The third-order valence-corrected chi connectivity index (χ3v) is 3.56. The van der Waals surface area contributed by atoms with Crippen molar-refractivity contribution < 1.29 is 14.6 Å². The molecule has 0 spiro atoms. The zero-order valence-electron chi connectivity index (χ0n) is 11.2. The van der Waals surface area contributed by atoms with E-state index < -0.39 is 11.2 Å². The Kier molecular flexibility index (Phi) is 6.01. The molecular weight excluding hydrogens is 224 g/mol. The SMILES string of the molecule is CC(C)C(=O)SCC(C)(C)OC(C)(C)CO. The van der Waals surface area contributed by atoms with Gasteiger partial charge in [0.15, 0.2) is 5.12 Å². The van der Waals surface area contributed by atoms with Crippen LogP contribution >= 0.6 is 11.8 Å². The Labute approximate surface area is 103 Å². The van der Waals surface area contributed by atoms with Crippen LogP contribution in [0.4, 0.5) is 0 Å². The van der Waals surface area contributed by atoms with Gasteiger partial charge in [-0.1, -0.05) is 25.6 Å². The summed E-state index contributed by atoms with van der Waals surface area (Å²) in [6, 6.07) is 0. The fourth-order valence-corrected chi connectivity index (χ4v) is 2.10. The van der Waals surface area contributed by atoms with Crippen LogP contribution in [0.5, 0.6) is 0 Å². The van der Waals surface area contributed by atoms with Crippen molar-refractivity contribution in [1.29, 1.82) is 0 Å². The lowest BCUT2D eigenvalue weighted by Gasteiger charge is -2.34. The van der Waals surface area contributed by atoms with E-state index in [1.807, 2.05) is 41.5 Å². The van der Waals surface area contributed by atoms with Gasteiger partial charge in [-0.05, 0) is 27.7 Å². The molecule has 0 aliphatic rings. The van der Waals surface area contributed by atoms with Crippen molar-refractivity contribution in [3.8, 4) is 0 Å². The largest absolute Gasteiger partial charge is 0.393 e. The second kappa shape index (κ2) is 6.03. The quantitative estimate of drug-likeness (QED) is 0.784. The third-order valence-electron chi connectivity index (χ3n) is 1.97. The third kappa shape index (κ3) is 6.51. The number of rotatable bonds is 6. The van der Waals surface area contributed by atoms with Crippen molar-refractivity contribution in [2.24, 2.45) is 5.92 Å². The Morgan fingerprint density at radius 2 is 1.75 bits per heavy atom. The Balaban J connectivity index is 4.20. The van der Waals surface area contributed by atoms with E-state index in [9.17, 15) is 4.79 Å². The summed E-state index contributed by atoms with van der Waals surface area (Å²) in [5, 5.41) is 9.30. The first-order valence-electron chi connectivity index (χ1n) is 5.57. The average Bonchev–Trinajstić information content (AvgIpc) is 2.12. The summed E-state index contributed by atoms with van der Waals surface area (Å²) in [5.41, 5.74) is -0.980. The molecule has 0 saturated carbocycles. The summed E-state index contributed by atoms with van der Waals surface area (Å²) in [5.74, 6) is 0.652. The fraction of sp³-hybridized carbons (Fsp3) is 0.917. The van der Waals surface area contributed by atoms with Crippen LogP contribution in [0.15, 0.2) is 0 Å². The molecule has 1 N–H and O–H groups in total. The topological polar surface area (TPSA) is 46.5 Å². The van der Waals surface area contributed by atoms with Crippen LogP contribution in [0.1, 0.15) is 41.5 Å². The van der Waals surface area contributed by atoms with Gasteiger partial charge in [0.2, 0.25) is 0 Å². The fourth-order valence-electron chi connectivity index (χ4n) is 1.22. The van der Waals surface area contributed by atoms with E-state index in [0.717, 1.165) is 0 Å². The molecule has 0 radical (unpaired) electrons. The summed E-state index contributed by atoms with van der Waals surface area (Å²) >= 11 is 1.30. The number of aliphatic hydroxyl groups is 1. The molecule has 16 heavy (non-hydrogen) atoms. The number of carbonyl (C=O) groups excluding carboxylic acids is 1. The van der Waals surface area contributed by atoms with E-state index in [4.69, 9.17) is 9.84 Å². The van der Waals surface area contributed by atoms with E-state index in [0.29, 0.717) is 5.75 Å². The average molecular weight is 248 g/mol. The number of hydrogen-bond acceptors (Lipinski definition) is 4. The van der Waals surface area contributed by atoms with Gasteiger partial charge in [0, 0.05) is 11.7 Å². The highest BCUT2D eigenvalue weighted by atomic mass is 32.2. The minimum absolute atomic E-state index is 0.0285. The molecule has 0 aromatic carbocycles. The summed E-state index contributed by atoms with van der Waals surface area (Å²) in [4.78, 5) is 11.5. The van der Waals surface area contributed by atoms with Gasteiger partial charge in [-0.2, -0.15) is 0 Å². The minimum Gasteiger partial charge on any atom is -0.393 e. The first-order valence-corrected chi connectivity index (χ1v) is 6.56. The monoisotopic (exact) mass is 248 g/mol. The van der Waals surface area contributed by atoms with Crippen molar-refractivity contribution in [3.05, 3.63) is 0 Å². The van der Waals surface area contributed by atoms with Crippen LogP contribution in [0.3, 0.4) is 0 Å². The van der Waals surface area contributed by atoms with E-state index in [1.54, 1.807) is 0 Å². The van der Waals surface area contributed by atoms with Crippen molar-refractivity contribution in [2.45, 2.75) is 52.7 Å². The molecule has 0 aromatic heterocycles. The number of ether oxygens (including phenoxy) is 1. The second-order valence-electron chi connectivity index (χ2n) is 5.54. The van der Waals surface area contributed by atoms with Crippen molar-refractivity contribution in [1.82, 2.24) is 0 Å². The van der Waals surface area contributed by atoms with Gasteiger partial charge in [0.25, 0.3) is 0 Å². The lowest BCUT2D eigenvalue weighted by Crippen LogP contribution is -2.41. The number of thioether (sulfide) groups is 1. The van der Waals surface area contributed by atoms with Crippen LogP contribution in [0.25, 0.3) is 0 Å². The maximum absolute atomic E-state index is 11.5. The number of aliphatic hydroxyl groups excluding tert-OH is 1. The van der Waals surface area contributed by atoms with Crippen LogP contribution in [0, 0.1) is 5.92 Å². The zero-order valence-corrected chi connectivity index (χ0v) is 12.0.